The van der Waals surface area contributed by atoms with Gasteiger partial charge in [0.15, 0.2) is 0 Å². The fourth-order valence-corrected chi connectivity index (χ4v) is 4.45. The van der Waals surface area contributed by atoms with Crippen LogP contribution in [0.15, 0.2) is 38.6 Å². The van der Waals surface area contributed by atoms with Crippen LogP contribution in [0.1, 0.15) is 11.1 Å². The maximum atomic E-state index is 12.0. The number of pyridine rings is 1. The van der Waals surface area contributed by atoms with Crippen LogP contribution in [0.5, 0.6) is 0 Å². The standard InChI is InChI=1S/C11H11BrN2O2S2/c1-8-6-13-5-4-9(8)7-14-18(15,16)11-3-2-10(12)17-11/h2-6,14H,7H2,1H3. The third kappa shape index (κ3) is 3.17. The largest absolute Gasteiger partial charge is 0.264 e. The Balaban J connectivity index is 2.13. The lowest BCUT2D eigenvalue weighted by Crippen LogP contribution is -2.22. The first-order valence-corrected chi connectivity index (χ1v) is 8.23. The van der Waals surface area contributed by atoms with E-state index in [0.29, 0.717) is 4.21 Å². The molecule has 18 heavy (non-hydrogen) atoms. The van der Waals surface area contributed by atoms with Crippen molar-refractivity contribution in [1.29, 1.82) is 0 Å². The summed E-state index contributed by atoms with van der Waals surface area (Å²) in [5, 5.41) is 0. The summed E-state index contributed by atoms with van der Waals surface area (Å²) in [5.41, 5.74) is 1.89. The molecule has 2 heterocycles. The quantitative estimate of drug-likeness (QED) is 0.925. The Morgan fingerprint density at radius 1 is 1.39 bits per heavy atom. The number of hydrogen-bond donors (Lipinski definition) is 1. The van der Waals surface area contributed by atoms with Crippen molar-refractivity contribution < 1.29 is 8.42 Å². The molecule has 0 aliphatic carbocycles. The number of thiophene rings is 1. The molecule has 0 unspecified atom stereocenters. The summed E-state index contributed by atoms with van der Waals surface area (Å²) in [4.78, 5) is 3.97. The summed E-state index contributed by atoms with van der Waals surface area (Å²) >= 11 is 4.44. The molecular weight excluding hydrogens is 336 g/mol. The minimum absolute atomic E-state index is 0.270. The van der Waals surface area contributed by atoms with E-state index in [9.17, 15) is 8.42 Å². The SMILES string of the molecule is Cc1cnccc1CNS(=O)(=O)c1ccc(Br)s1. The van der Waals surface area contributed by atoms with Gasteiger partial charge in [0.25, 0.3) is 0 Å². The van der Waals surface area contributed by atoms with Crippen LogP contribution in [0.4, 0.5) is 0 Å². The van der Waals surface area contributed by atoms with Gasteiger partial charge in [0.1, 0.15) is 4.21 Å². The maximum Gasteiger partial charge on any atom is 0.250 e. The molecule has 0 aromatic carbocycles. The number of hydrogen-bond acceptors (Lipinski definition) is 4. The van der Waals surface area contributed by atoms with Crippen LogP contribution in [0.3, 0.4) is 0 Å². The summed E-state index contributed by atoms with van der Waals surface area (Å²) in [5.74, 6) is 0. The van der Waals surface area contributed by atoms with Crippen LogP contribution in [-0.4, -0.2) is 13.4 Å². The van der Waals surface area contributed by atoms with Crippen LogP contribution < -0.4 is 4.72 Å². The third-order valence-corrected chi connectivity index (χ3v) is 5.92. The monoisotopic (exact) mass is 346 g/mol. The van der Waals surface area contributed by atoms with Gasteiger partial charge in [0.2, 0.25) is 10.0 Å². The van der Waals surface area contributed by atoms with Crippen molar-refractivity contribution in [2.24, 2.45) is 0 Å². The van der Waals surface area contributed by atoms with E-state index in [1.807, 2.05) is 13.0 Å². The lowest BCUT2D eigenvalue weighted by molar-refractivity contribution is 0.583. The van der Waals surface area contributed by atoms with Crippen LogP contribution in [0, 0.1) is 6.92 Å². The summed E-state index contributed by atoms with van der Waals surface area (Å²) in [7, 11) is -3.44. The van der Waals surface area contributed by atoms with Crippen molar-refractivity contribution in [3.8, 4) is 0 Å². The van der Waals surface area contributed by atoms with Crippen LogP contribution >= 0.6 is 27.3 Å². The van der Waals surface area contributed by atoms with Crippen molar-refractivity contribution in [1.82, 2.24) is 9.71 Å². The van der Waals surface area contributed by atoms with Gasteiger partial charge in [-0.3, -0.25) is 4.98 Å². The molecule has 2 aromatic heterocycles. The number of aryl methyl sites for hydroxylation is 1. The van der Waals surface area contributed by atoms with Crippen LogP contribution in [0.2, 0.25) is 0 Å². The highest BCUT2D eigenvalue weighted by atomic mass is 79.9. The van der Waals surface area contributed by atoms with E-state index in [2.05, 4.69) is 25.6 Å². The van der Waals surface area contributed by atoms with E-state index in [4.69, 9.17) is 0 Å². The Kier molecular flexibility index (Phi) is 4.16. The lowest BCUT2D eigenvalue weighted by Gasteiger charge is -2.06. The van der Waals surface area contributed by atoms with Gasteiger partial charge >= 0.3 is 0 Å². The highest BCUT2D eigenvalue weighted by Crippen LogP contribution is 2.25. The van der Waals surface area contributed by atoms with Crippen molar-refractivity contribution in [2.75, 3.05) is 0 Å². The smallest absolute Gasteiger partial charge is 0.250 e. The lowest BCUT2D eigenvalue weighted by atomic mass is 10.2. The van der Waals surface area contributed by atoms with Gasteiger partial charge < -0.3 is 0 Å². The molecule has 0 aliphatic rings. The average molecular weight is 347 g/mol. The number of rotatable bonds is 4. The Bertz CT molecular complexity index is 653. The van der Waals surface area contributed by atoms with Crippen molar-refractivity contribution >= 4 is 37.3 Å². The molecule has 0 bridgehead atoms. The Morgan fingerprint density at radius 2 is 2.17 bits per heavy atom. The van der Waals surface area contributed by atoms with Crippen molar-refractivity contribution in [3.63, 3.8) is 0 Å². The predicted octanol–water partition coefficient (Wildman–Crippen LogP) is 2.69. The van der Waals surface area contributed by atoms with Gasteiger partial charge in [-0.15, -0.1) is 11.3 Å². The fraction of sp³-hybridized carbons (Fsp3) is 0.182. The molecular formula is C11H11BrN2O2S2. The summed E-state index contributed by atoms with van der Waals surface area (Å²) in [6.45, 7) is 2.17. The number of sulfonamides is 1. The van der Waals surface area contributed by atoms with Crippen molar-refractivity contribution in [3.05, 3.63) is 45.5 Å². The van der Waals surface area contributed by atoms with Gasteiger partial charge in [-0.05, 0) is 52.2 Å². The van der Waals surface area contributed by atoms with E-state index >= 15 is 0 Å². The minimum Gasteiger partial charge on any atom is -0.264 e. The first-order valence-electron chi connectivity index (χ1n) is 5.13. The van der Waals surface area contributed by atoms with Crippen LogP contribution in [-0.2, 0) is 16.6 Å². The molecule has 0 aliphatic heterocycles. The fourth-order valence-electron chi connectivity index (χ4n) is 1.39. The van der Waals surface area contributed by atoms with E-state index < -0.39 is 10.0 Å². The Labute approximate surface area is 118 Å². The Morgan fingerprint density at radius 3 is 2.78 bits per heavy atom. The molecule has 7 heteroatoms. The predicted molar refractivity (Wildman–Crippen MR) is 75.0 cm³/mol. The highest BCUT2D eigenvalue weighted by molar-refractivity contribution is 9.11. The number of aromatic nitrogens is 1. The normalized spacial score (nSPS) is 11.7. The van der Waals surface area contributed by atoms with Crippen LogP contribution in [0.25, 0.3) is 0 Å². The molecule has 96 valence electrons. The molecule has 2 aromatic rings. The summed E-state index contributed by atoms with van der Waals surface area (Å²) in [6, 6.07) is 5.11. The van der Waals surface area contributed by atoms with Gasteiger partial charge in [0.05, 0.1) is 3.79 Å². The molecule has 0 fully saturated rings. The zero-order valence-corrected chi connectivity index (χ0v) is 12.8. The second-order valence-electron chi connectivity index (χ2n) is 3.69. The van der Waals surface area contributed by atoms with E-state index in [1.54, 1.807) is 24.5 Å². The Hall–Kier alpha value is -0.760. The maximum absolute atomic E-state index is 12.0. The average Bonchev–Trinajstić information content (AvgIpc) is 2.76. The molecule has 2 rings (SSSR count). The van der Waals surface area contributed by atoms with Gasteiger partial charge in [-0.1, -0.05) is 0 Å². The molecule has 0 atom stereocenters. The zero-order valence-electron chi connectivity index (χ0n) is 9.55. The van der Waals surface area contributed by atoms with E-state index in [1.165, 1.54) is 11.3 Å². The highest BCUT2D eigenvalue weighted by Gasteiger charge is 2.16. The van der Waals surface area contributed by atoms with Gasteiger partial charge in [-0.2, -0.15) is 0 Å². The molecule has 4 nitrogen and oxygen atoms in total. The third-order valence-electron chi connectivity index (χ3n) is 2.40. The number of nitrogens with zero attached hydrogens (tertiary/aromatic N) is 1. The minimum atomic E-state index is -3.44. The van der Waals surface area contributed by atoms with E-state index in [0.717, 1.165) is 14.9 Å². The van der Waals surface area contributed by atoms with Gasteiger partial charge in [0, 0.05) is 18.9 Å². The number of nitrogens with one attached hydrogen (secondary N) is 1. The molecule has 0 spiro atoms. The summed E-state index contributed by atoms with van der Waals surface area (Å²) < 4.78 is 27.7. The molecule has 0 saturated carbocycles. The molecule has 0 radical (unpaired) electrons. The second-order valence-corrected chi connectivity index (χ2v) is 8.14. The molecule has 1 N–H and O–H groups in total. The molecule has 0 saturated heterocycles. The number of halogens is 1. The van der Waals surface area contributed by atoms with Crippen molar-refractivity contribution in [2.45, 2.75) is 17.7 Å². The second kappa shape index (κ2) is 5.48. The first kappa shape index (κ1) is 13.7. The van der Waals surface area contributed by atoms with Gasteiger partial charge in [-0.25, -0.2) is 13.1 Å². The topological polar surface area (TPSA) is 59.1 Å². The first-order chi connectivity index (χ1) is 8.49. The summed E-state index contributed by atoms with van der Waals surface area (Å²) in [6.07, 6.45) is 3.36. The zero-order chi connectivity index (χ0) is 13.2. The molecule has 0 amide bonds. The van der Waals surface area contributed by atoms with E-state index in [-0.39, 0.29) is 6.54 Å².